The molecular formula is C15H20ClN3O. The quantitative estimate of drug-likeness (QED) is 0.815. The van der Waals surface area contributed by atoms with Crippen LogP contribution in [-0.2, 0) is 11.2 Å². The van der Waals surface area contributed by atoms with Gasteiger partial charge in [0.25, 0.3) is 0 Å². The molecule has 1 saturated heterocycles. The van der Waals surface area contributed by atoms with Crippen LogP contribution in [0, 0.1) is 0 Å². The largest absolute Gasteiger partial charge is 0.375 e. The minimum Gasteiger partial charge on any atom is -0.375 e. The summed E-state index contributed by atoms with van der Waals surface area (Å²) in [4.78, 5) is 8.87. The molecule has 20 heavy (non-hydrogen) atoms. The highest BCUT2D eigenvalue weighted by molar-refractivity contribution is 6.17. The first-order valence-electron chi connectivity index (χ1n) is 7.11. The molecule has 1 unspecified atom stereocenters. The highest BCUT2D eigenvalue weighted by Crippen LogP contribution is 2.35. The first kappa shape index (κ1) is 13.8. The number of aromatic nitrogens is 3. The van der Waals surface area contributed by atoms with E-state index in [0.717, 1.165) is 42.7 Å². The van der Waals surface area contributed by atoms with Crippen molar-refractivity contribution in [2.24, 2.45) is 0 Å². The van der Waals surface area contributed by atoms with Crippen LogP contribution in [-0.4, -0.2) is 32.6 Å². The van der Waals surface area contributed by atoms with E-state index >= 15 is 0 Å². The Morgan fingerprint density at radius 3 is 3.10 bits per heavy atom. The minimum atomic E-state index is -0.0786. The number of nitrogens with zero attached hydrogens (tertiary/aromatic N) is 3. The van der Waals surface area contributed by atoms with Crippen LogP contribution in [0.15, 0.2) is 18.5 Å². The second-order valence-electron chi connectivity index (χ2n) is 5.96. The molecule has 1 atom stereocenters. The predicted molar refractivity (Wildman–Crippen MR) is 80.3 cm³/mol. The third-order valence-electron chi connectivity index (χ3n) is 3.92. The molecule has 3 heterocycles. The molecule has 4 nitrogen and oxygen atoms in total. The Balaban J connectivity index is 2.06. The lowest BCUT2D eigenvalue weighted by atomic mass is 9.93. The average Bonchev–Trinajstić information content (AvgIpc) is 2.76. The third-order valence-corrected chi connectivity index (χ3v) is 4.11. The Hall–Kier alpha value is -1.13. The fourth-order valence-corrected chi connectivity index (χ4v) is 3.26. The second kappa shape index (κ2) is 5.34. The Kier molecular flexibility index (Phi) is 3.69. The van der Waals surface area contributed by atoms with E-state index < -0.39 is 0 Å². The lowest BCUT2D eigenvalue weighted by molar-refractivity contribution is -0.0688. The summed E-state index contributed by atoms with van der Waals surface area (Å²) in [5.41, 5.74) is 2.03. The van der Waals surface area contributed by atoms with Crippen molar-refractivity contribution in [2.75, 3.05) is 12.5 Å². The van der Waals surface area contributed by atoms with Gasteiger partial charge in [-0.3, -0.25) is 4.98 Å². The van der Waals surface area contributed by atoms with Gasteiger partial charge in [0.2, 0.25) is 0 Å². The zero-order chi connectivity index (χ0) is 14.2. The molecule has 0 aliphatic carbocycles. The van der Waals surface area contributed by atoms with Crippen LogP contribution in [0.3, 0.4) is 0 Å². The van der Waals surface area contributed by atoms with Gasteiger partial charge in [-0.2, -0.15) is 0 Å². The van der Waals surface area contributed by atoms with E-state index in [1.807, 2.05) is 18.5 Å². The summed E-state index contributed by atoms with van der Waals surface area (Å²) >= 11 is 5.94. The number of pyridine rings is 1. The molecule has 1 aliphatic heterocycles. The maximum absolute atomic E-state index is 5.94. The van der Waals surface area contributed by atoms with Gasteiger partial charge in [-0.05, 0) is 32.8 Å². The van der Waals surface area contributed by atoms with Gasteiger partial charge in [0.1, 0.15) is 11.3 Å². The molecule has 2 aromatic heterocycles. The number of imidazole rings is 1. The summed E-state index contributed by atoms with van der Waals surface area (Å²) in [6, 6.07) is 2.46. The van der Waals surface area contributed by atoms with E-state index in [0.29, 0.717) is 11.9 Å². The molecule has 0 N–H and O–H groups in total. The summed E-state index contributed by atoms with van der Waals surface area (Å²) in [6.07, 6.45) is 6.46. The van der Waals surface area contributed by atoms with Crippen LogP contribution in [0.4, 0.5) is 0 Å². The van der Waals surface area contributed by atoms with E-state index in [2.05, 4.69) is 23.4 Å². The van der Waals surface area contributed by atoms with Crippen LogP contribution in [0.25, 0.3) is 11.0 Å². The Labute approximate surface area is 124 Å². The van der Waals surface area contributed by atoms with Crippen LogP contribution in [0.1, 0.15) is 38.6 Å². The van der Waals surface area contributed by atoms with Crippen LogP contribution in [0.2, 0.25) is 0 Å². The minimum absolute atomic E-state index is 0.0786. The monoisotopic (exact) mass is 293 g/mol. The maximum Gasteiger partial charge on any atom is 0.111 e. The van der Waals surface area contributed by atoms with Crippen LogP contribution in [0.5, 0.6) is 0 Å². The predicted octanol–water partition coefficient (Wildman–Crippen LogP) is 3.34. The zero-order valence-corrected chi connectivity index (χ0v) is 12.7. The fourth-order valence-electron chi connectivity index (χ4n) is 3.09. The van der Waals surface area contributed by atoms with E-state index in [1.54, 1.807) is 0 Å². The fraction of sp³-hybridized carbons (Fsp3) is 0.600. The number of fused-ring (bicyclic) bond motifs is 1. The summed E-state index contributed by atoms with van der Waals surface area (Å²) in [5.74, 6) is 1.65. The summed E-state index contributed by atoms with van der Waals surface area (Å²) in [7, 11) is 0. The molecule has 5 heteroatoms. The number of hydrogen-bond donors (Lipinski definition) is 0. The molecule has 0 bridgehead atoms. The molecule has 0 spiro atoms. The van der Waals surface area contributed by atoms with Crippen molar-refractivity contribution >= 4 is 22.6 Å². The van der Waals surface area contributed by atoms with Gasteiger partial charge >= 0.3 is 0 Å². The number of hydrogen-bond acceptors (Lipinski definition) is 3. The van der Waals surface area contributed by atoms with Crippen LogP contribution < -0.4 is 0 Å². The molecule has 108 valence electrons. The van der Waals surface area contributed by atoms with E-state index in [-0.39, 0.29) is 5.60 Å². The first-order valence-corrected chi connectivity index (χ1v) is 7.65. The smallest absolute Gasteiger partial charge is 0.111 e. The summed E-state index contributed by atoms with van der Waals surface area (Å²) in [5, 5.41) is 0. The van der Waals surface area contributed by atoms with Crippen molar-refractivity contribution < 1.29 is 4.74 Å². The standard InChI is InChI=1S/C15H20ClN3O/c1-15(2)9-11(5-8-20-15)19-13-4-7-17-10-12(13)18-14(19)3-6-16/h4,7,10-11H,3,5-6,8-9H2,1-2H3. The number of alkyl halides is 1. The maximum atomic E-state index is 5.94. The molecular weight excluding hydrogens is 274 g/mol. The van der Waals surface area contributed by atoms with E-state index in [4.69, 9.17) is 21.3 Å². The van der Waals surface area contributed by atoms with Gasteiger partial charge in [0.05, 0.1) is 17.3 Å². The molecule has 1 fully saturated rings. The Bertz CT molecular complexity index is 608. The SMILES string of the molecule is CC1(C)CC(n2c(CCCl)nc3cnccc32)CCO1. The number of halogens is 1. The third kappa shape index (κ3) is 2.54. The van der Waals surface area contributed by atoms with Gasteiger partial charge < -0.3 is 9.30 Å². The topological polar surface area (TPSA) is 39.9 Å². The van der Waals surface area contributed by atoms with Crippen molar-refractivity contribution in [2.45, 2.75) is 44.8 Å². The lowest BCUT2D eigenvalue weighted by Crippen LogP contribution is -2.35. The van der Waals surface area contributed by atoms with Crippen LogP contribution >= 0.6 is 11.6 Å². The van der Waals surface area contributed by atoms with Gasteiger partial charge in [-0.25, -0.2) is 4.98 Å². The molecule has 0 aromatic carbocycles. The van der Waals surface area contributed by atoms with Crippen molar-refractivity contribution in [3.8, 4) is 0 Å². The van der Waals surface area contributed by atoms with Crippen molar-refractivity contribution in [1.82, 2.24) is 14.5 Å². The highest BCUT2D eigenvalue weighted by atomic mass is 35.5. The molecule has 0 radical (unpaired) electrons. The second-order valence-corrected chi connectivity index (χ2v) is 6.33. The van der Waals surface area contributed by atoms with Gasteiger partial charge in [-0.1, -0.05) is 0 Å². The molecule has 0 saturated carbocycles. The van der Waals surface area contributed by atoms with Crippen molar-refractivity contribution in [1.29, 1.82) is 0 Å². The number of aryl methyl sites for hydroxylation is 1. The first-order chi connectivity index (χ1) is 9.61. The molecule has 3 rings (SSSR count). The number of rotatable bonds is 3. The average molecular weight is 294 g/mol. The van der Waals surface area contributed by atoms with Crippen molar-refractivity contribution in [3.63, 3.8) is 0 Å². The Morgan fingerprint density at radius 1 is 1.50 bits per heavy atom. The van der Waals surface area contributed by atoms with E-state index in [9.17, 15) is 0 Å². The van der Waals surface area contributed by atoms with Crippen molar-refractivity contribution in [3.05, 3.63) is 24.3 Å². The normalized spacial score (nSPS) is 22.2. The molecule has 1 aliphatic rings. The lowest BCUT2D eigenvalue weighted by Gasteiger charge is -2.37. The summed E-state index contributed by atoms with van der Waals surface area (Å²) in [6.45, 7) is 5.10. The highest BCUT2D eigenvalue weighted by Gasteiger charge is 2.31. The molecule has 2 aromatic rings. The number of ether oxygens (including phenoxy) is 1. The molecule has 0 amide bonds. The zero-order valence-electron chi connectivity index (χ0n) is 12.0. The Morgan fingerprint density at radius 2 is 2.35 bits per heavy atom. The van der Waals surface area contributed by atoms with Gasteiger partial charge in [0, 0.05) is 31.1 Å². The van der Waals surface area contributed by atoms with E-state index in [1.165, 1.54) is 0 Å². The van der Waals surface area contributed by atoms with Gasteiger partial charge in [0.15, 0.2) is 0 Å². The summed E-state index contributed by atoms with van der Waals surface area (Å²) < 4.78 is 8.18. The van der Waals surface area contributed by atoms with Gasteiger partial charge in [-0.15, -0.1) is 11.6 Å².